The number of nitrogens with one attached hydrogen (secondary N) is 1. The van der Waals surface area contributed by atoms with E-state index < -0.39 is 23.6 Å². The third-order valence-electron chi connectivity index (χ3n) is 4.77. The number of carbonyl (C=O) groups excluding carboxylic acids is 2. The number of benzene rings is 2. The number of methoxy groups -OCH3 is 1. The van der Waals surface area contributed by atoms with Gasteiger partial charge < -0.3 is 19.9 Å². The number of aliphatic hydroxyl groups excluding tert-OH is 1. The Morgan fingerprint density at radius 2 is 1.86 bits per heavy atom. The number of imide groups is 1. The summed E-state index contributed by atoms with van der Waals surface area (Å²) >= 11 is 0. The van der Waals surface area contributed by atoms with E-state index in [4.69, 9.17) is 9.47 Å². The van der Waals surface area contributed by atoms with Crippen molar-refractivity contribution in [1.82, 2.24) is 10.2 Å². The van der Waals surface area contributed by atoms with Crippen molar-refractivity contribution in [3.8, 4) is 11.5 Å². The van der Waals surface area contributed by atoms with Crippen molar-refractivity contribution < 1.29 is 24.2 Å². The minimum Gasteiger partial charge on any atom is -0.497 e. The maximum absolute atomic E-state index is 12.9. The first kappa shape index (κ1) is 19.7. The van der Waals surface area contributed by atoms with E-state index in [0.29, 0.717) is 17.1 Å². The molecule has 2 aromatic carbocycles. The zero-order valence-corrected chi connectivity index (χ0v) is 16.1. The molecule has 1 aliphatic rings. The molecule has 2 N–H and O–H groups in total. The van der Waals surface area contributed by atoms with Crippen LogP contribution in [-0.2, 0) is 10.3 Å². The number of aryl methyl sites for hydroxylation is 1. The standard InChI is InChI=1S/C21H24N2O5/c1-14-5-4-6-18(11-14)28-13-16(24)12-23-19(25)21(2,22-20(23)26)15-7-9-17(27-3)10-8-15/h4-11,16,24H,12-13H2,1-3H3,(H,22,26)/t16-,21+/m0/s1. The van der Waals surface area contributed by atoms with Gasteiger partial charge in [0.05, 0.1) is 13.7 Å². The van der Waals surface area contributed by atoms with Crippen LogP contribution in [0.15, 0.2) is 48.5 Å². The van der Waals surface area contributed by atoms with Gasteiger partial charge in [0.15, 0.2) is 0 Å². The van der Waals surface area contributed by atoms with Crippen LogP contribution in [0.3, 0.4) is 0 Å². The van der Waals surface area contributed by atoms with Crippen molar-refractivity contribution in [2.45, 2.75) is 25.5 Å². The molecule has 1 aliphatic heterocycles. The van der Waals surface area contributed by atoms with Crippen LogP contribution in [0.4, 0.5) is 4.79 Å². The zero-order valence-electron chi connectivity index (χ0n) is 16.1. The summed E-state index contributed by atoms with van der Waals surface area (Å²) in [6.45, 7) is 3.41. The monoisotopic (exact) mass is 384 g/mol. The highest BCUT2D eigenvalue weighted by molar-refractivity contribution is 6.07. The highest BCUT2D eigenvalue weighted by Crippen LogP contribution is 2.30. The normalized spacial score (nSPS) is 20.1. The molecule has 0 spiro atoms. The van der Waals surface area contributed by atoms with Gasteiger partial charge in [-0.1, -0.05) is 24.3 Å². The van der Waals surface area contributed by atoms with Crippen LogP contribution in [-0.4, -0.2) is 48.3 Å². The van der Waals surface area contributed by atoms with Crippen molar-refractivity contribution >= 4 is 11.9 Å². The molecule has 2 aromatic rings. The van der Waals surface area contributed by atoms with Crippen LogP contribution in [0.2, 0.25) is 0 Å². The number of carbonyl (C=O) groups is 2. The second-order valence-electron chi connectivity index (χ2n) is 6.98. The maximum atomic E-state index is 12.9. The molecule has 0 aromatic heterocycles. The predicted octanol–water partition coefficient (Wildman–Crippen LogP) is 2.21. The lowest BCUT2D eigenvalue weighted by Gasteiger charge is -2.23. The average Bonchev–Trinajstić information content (AvgIpc) is 2.90. The molecule has 1 saturated heterocycles. The Morgan fingerprint density at radius 1 is 1.14 bits per heavy atom. The fourth-order valence-corrected chi connectivity index (χ4v) is 3.14. The smallest absolute Gasteiger partial charge is 0.325 e. The van der Waals surface area contributed by atoms with Gasteiger partial charge >= 0.3 is 6.03 Å². The summed E-state index contributed by atoms with van der Waals surface area (Å²) in [5.41, 5.74) is 0.483. The molecular weight excluding hydrogens is 360 g/mol. The number of β-amino-alcohol motifs (C(OH)–C–C–N with tert-alkyl or cyclic N) is 1. The van der Waals surface area contributed by atoms with Gasteiger partial charge in [0.2, 0.25) is 0 Å². The van der Waals surface area contributed by atoms with E-state index in [9.17, 15) is 14.7 Å². The first-order chi connectivity index (χ1) is 13.3. The van der Waals surface area contributed by atoms with E-state index in [2.05, 4.69) is 5.32 Å². The highest BCUT2D eigenvalue weighted by Gasteiger charge is 2.49. The molecule has 28 heavy (non-hydrogen) atoms. The number of hydrogen-bond acceptors (Lipinski definition) is 5. The van der Waals surface area contributed by atoms with E-state index in [1.807, 2.05) is 25.1 Å². The molecule has 0 saturated carbocycles. The topological polar surface area (TPSA) is 88.1 Å². The number of nitrogens with zero attached hydrogens (tertiary/aromatic N) is 1. The Hall–Kier alpha value is -3.06. The average molecular weight is 384 g/mol. The summed E-state index contributed by atoms with van der Waals surface area (Å²) in [5, 5.41) is 13.0. The quantitative estimate of drug-likeness (QED) is 0.715. The molecule has 3 rings (SSSR count). The number of urea groups is 1. The molecule has 2 atom stereocenters. The molecular formula is C21H24N2O5. The highest BCUT2D eigenvalue weighted by atomic mass is 16.5. The van der Waals surface area contributed by atoms with Crippen molar-refractivity contribution in [3.63, 3.8) is 0 Å². The van der Waals surface area contributed by atoms with Gasteiger partial charge in [0.1, 0.15) is 29.7 Å². The first-order valence-electron chi connectivity index (χ1n) is 8.99. The number of rotatable bonds is 7. The number of aliphatic hydroxyl groups is 1. The molecule has 7 nitrogen and oxygen atoms in total. The minimum absolute atomic E-state index is 0.0280. The summed E-state index contributed by atoms with van der Waals surface area (Å²) in [5.74, 6) is 0.862. The van der Waals surface area contributed by atoms with Crippen LogP contribution in [0, 0.1) is 6.92 Å². The second-order valence-corrected chi connectivity index (χ2v) is 6.98. The third kappa shape index (κ3) is 3.94. The summed E-state index contributed by atoms with van der Waals surface area (Å²) in [6.07, 6.45) is -1.01. The summed E-state index contributed by atoms with van der Waals surface area (Å²) < 4.78 is 10.7. The van der Waals surface area contributed by atoms with Crippen molar-refractivity contribution in [2.24, 2.45) is 0 Å². The van der Waals surface area contributed by atoms with E-state index in [0.717, 1.165) is 10.5 Å². The van der Waals surface area contributed by atoms with Gasteiger partial charge in [-0.2, -0.15) is 0 Å². The molecule has 3 amide bonds. The Bertz CT molecular complexity index is 867. The van der Waals surface area contributed by atoms with E-state index in [1.54, 1.807) is 44.4 Å². The van der Waals surface area contributed by atoms with Crippen molar-refractivity contribution in [2.75, 3.05) is 20.3 Å². The minimum atomic E-state index is -1.19. The molecule has 0 bridgehead atoms. The molecule has 0 aliphatic carbocycles. The van der Waals surface area contributed by atoms with Gasteiger partial charge in [0, 0.05) is 0 Å². The second kappa shape index (κ2) is 7.90. The van der Waals surface area contributed by atoms with Crippen LogP contribution >= 0.6 is 0 Å². The van der Waals surface area contributed by atoms with Crippen LogP contribution in [0.1, 0.15) is 18.1 Å². The maximum Gasteiger partial charge on any atom is 0.325 e. The van der Waals surface area contributed by atoms with E-state index in [1.165, 1.54) is 0 Å². The third-order valence-corrected chi connectivity index (χ3v) is 4.77. The first-order valence-corrected chi connectivity index (χ1v) is 8.99. The Morgan fingerprint density at radius 3 is 2.50 bits per heavy atom. The number of hydrogen-bond donors (Lipinski definition) is 2. The SMILES string of the molecule is COc1ccc([C@@]2(C)NC(=O)N(C[C@H](O)COc3cccc(C)c3)C2=O)cc1. The molecule has 1 heterocycles. The fraction of sp³-hybridized carbons (Fsp3) is 0.333. The summed E-state index contributed by atoms with van der Waals surface area (Å²) in [6, 6.07) is 13.8. The van der Waals surface area contributed by atoms with Crippen LogP contribution in [0.5, 0.6) is 11.5 Å². The summed E-state index contributed by atoms with van der Waals surface area (Å²) in [4.78, 5) is 26.3. The number of ether oxygens (including phenoxy) is 2. The van der Waals surface area contributed by atoms with Gasteiger partial charge in [-0.05, 0) is 49.2 Å². The van der Waals surface area contributed by atoms with E-state index >= 15 is 0 Å². The predicted molar refractivity (Wildman–Crippen MR) is 103 cm³/mol. The number of amides is 3. The largest absolute Gasteiger partial charge is 0.497 e. The lowest BCUT2D eigenvalue weighted by Crippen LogP contribution is -2.42. The molecule has 0 unspecified atom stereocenters. The molecule has 0 radical (unpaired) electrons. The Kier molecular flexibility index (Phi) is 5.56. The van der Waals surface area contributed by atoms with Crippen LogP contribution < -0.4 is 14.8 Å². The molecule has 7 heteroatoms. The van der Waals surface area contributed by atoms with Crippen LogP contribution in [0.25, 0.3) is 0 Å². The lowest BCUT2D eigenvalue weighted by atomic mass is 9.92. The van der Waals surface area contributed by atoms with Gasteiger partial charge in [-0.25, -0.2) is 4.79 Å². The van der Waals surface area contributed by atoms with Gasteiger partial charge in [-0.15, -0.1) is 0 Å². The van der Waals surface area contributed by atoms with Gasteiger partial charge in [-0.3, -0.25) is 9.69 Å². The molecule has 1 fully saturated rings. The Labute approximate surface area is 163 Å². The fourth-order valence-electron chi connectivity index (χ4n) is 3.14. The van der Waals surface area contributed by atoms with Crippen molar-refractivity contribution in [3.05, 3.63) is 59.7 Å². The summed E-state index contributed by atoms with van der Waals surface area (Å²) in [7, 11) is 1.56. The zero-order chi connectivity index (χ0) is 20.3. The van der Waals surface area contributed by atoms with E-state index in [-0.39, 0.29) is 13.2 Å². The molecule has 148 valence electrons. The van der Waals surface area contributed by atoms with Crippen molar-refractivity contribution in [1.29, 1.82) is 0 Å². The Balaban J connectivity index is 1.65. The van der Waals surface area contributed by atoms with Gasteiger partial charge in [0.25, 0.3) is 5.91 Å². The lowest BCUT2D eigenvalue weighted by molar-refractivity contribution is -0.132.